The maximum absolute atomic E-state index is 14.0. The van der Waals surface area contributed by atoms with Crippen molar-refractivity contribution in [3.63, 3.8) is 0 Å². The molecule has 2 saturated heterocycles. The van der Waals surface area contributed by atoms with Crippen molar-refractivity contribution in [2.75, 3.05) is 19.6 Å². The van der Waals surface area contributed by atoms with Crippen LogP contribution in [-0.2, 0) is 47.9 Å². The first-order valence-electron chi connectivity index (χ1n) is 21.9. The minimum atomic E-state index is -1.86. The monoisotopic (exact) mass is 895 g/mol. The molecule has 0 saturated carbocycles. The van der Waals surface area contributed by atoms with E-state index in [1.807, 2.05) is 33.0 Å². The molecule has 0 radical (unpaired) electrons. The SMILES string of the molecule is CC(C)C[C@H](NC(=O)[C@@H]1CCCN1C(=O)[C@@H](NC(=O)[C@@H]1CCCN1)C(C)C)C(=O)N[C@H](C(=O)N[C@@H](CCCCN)C(=O)N[C@@H](CCC(N)=O)C(=O)N[C@@H](CC(=O)O)C(=O)O)C(C)C. The van der Waals surface area contributed by atoms with Crippen LogP contribution in [0.2, 0.25) is 0 Å². The molecular weight excluding hydrogens is 825 g/mol. The molecule has 2 rings (SSSR count). The van der Waals surface area contributed by atoms with Crippen LogP contribution in [0.3, 0.4) is 0 Å². The summed E-state index contributed by atoms with van der Waals surface area (Å²) in [5.41, 5.74) is 10.9. The highest BCUT2D eigenvalue weighted by atomic mass is 16.4. The number of likely N-dealkylation sites (tertiary alicyclic amines) is 1. The van der Waals surface area contributed by atoms with Crippen LogP contribution in [0.5, 0.6) is 0 Å². The van der Waals surface area contributed by atoms with E-state index in [-0.39, 0.29) is 50.1 Å². The summed E-state index contributed by atoms with van der Waals surface area (Å²) in [7, 11) is 0. The molecule has 0 aromatic rings. The van der Waals surface area contributed by atoms with Gasteiger partial charge in [-0.05, 0) is 88.6 Å². The number of amides is 8. The lowest BCUT2D eigenvalue weighted by Crippen LogP contribution is -2.61. The summed E-state index contributed by atoms with van der Waals surface area (Å²) < 4.78 is 0. The molecule has 22 nitrogen and oxygen atoms in total. The number of hydrogen-bond donors (Lipinski definition) is 11. The van der Waals surface area contributed by atoms with Gasteiger partial charge in [-0.25, -0.2) is 4.79 Å². The van der Waals surface area contributed by atoms with Gasteiger partial charge in [0, 0.05) is 13.0 Å². The molecule has 356 valence electrons. The second-order valence-electron chi connectivity index (χ2n) is 17.4. The summed E-state index contributed by atoms with van der Waals surface area (Å²) in [6.45, 7) is 11.8. The molecule has 0 aromatic heterocycles. The van der Waals surface area contributed by atoms with Crippen LogP contribution in [-0.4, -0.2) is 142 Å². The third kappa shape index (κ3) is 17.7. The van der Waals surface area contributed by atoms with Crippen LogP contribution >= 0.6 is 0 Å². The molecule has 0 unspecified atom stereocenters. The fraction of sp³-hybridized carbons (Fsp3) is 0.756. The van der Waals surface area contributed by atoms with Crippen molar-refractivity contribution in [2.45, 2.75) is 161 Å². The molecule has 0 aromatic carbocycles. The van der Waals surface area contributed by atoms with Gasteiger partial charge in [0.15, 0.2) is 0 Å². The van der Waals surface area contributed by atoms with E-state index in [1.54, 1.807) is 13.8 Å². The van der Waals surface area contributed by atoms with Gasteiger partial charge in [-0.15, -0.1) is 0 Å². The molecule has 2 aliphatic heterocycles. The van der Waals surface area contributed by atoms with E-state index in [0.717, 1.165) is 6.42 Å². The van der Waals surface area contributed by atoms with Crippen molar-refractivity contribution in [1.82, 2.24) is 42.1 Å². The van der Waals surface area contributed by atoms with E-state index >= 15 is 0 Å². The number of nitrogens with zero attached hydrogens (tertiary/aromatic N) is 1. The molecule has 63 heavy (non-hydrogen) atoms. The Hall–Kier alpha value is -5.38. The van der Waals surface area contributed by atoms with Crippen molar-refractivity contribution in [1.29, 1.82) is 0 Å². The Labute approximate surface area is 368 Å². The summed E-state index contributed by atoms with van der Waals surface area (Å²) in [4.78, 5) is 131. The fourth-order valence-corrected chi connectivity index (χ4v) is 7.41. The zero-order chi connectivity index (χ0) is 47.6. The minimum absolute atomic E-state index is 0.00984. The van der Waals surface area contributed by atoms with Crippen LogP contribution in [0, 0.1) is 17.8 Å². The Bertz CT molecular complexity index is 1640. The summed E-state index contributed by atoms with van der Waals surface area (Å²) in [6.07, 6.45) is 1.51. The second kappa shape index (κ2) is 26.3. The highest BCUT2D eigenvalue weighted by Gasteiger charge is 2.41. The van der Waals surface area contributed by atoms with E-state index in [9.17, 15) is 53.1 Å². The zero-order valence-electron chi connectivity index (χ0n) is 37.3. The first-order chi connectivity index (χ1) is 29.6. The number of nitrogens with one attached hydrogen (secondary N) is 7. The van der Waals surface area contributed by atoms with E-state index < -0.39 is 120 Å². The molecular formula is C41H70N10O12. The predicted molar refractivity (Wildman–Crippen MR) is 228 cm³/mol. The number of carbonyl (C=O) groups excluding carboxylic acids is 8. The number of carbonyl (C=O) groups is 10. The maximum atomic E-state index is 14.0. The first-order valence-corrected chi connectivity index (χ1v) is 21.9. The molecule has 2 fully saturated rings. The van der Waals surface area contributed by atoms with Crippen molar-refractivity contribution in [3.8, 4) is 0 Å². The second-order valence-corrected chi connectivity index (χ2v) is 17.4. The van der Waals surface area contributed by atoms with Crippen LogP contribution < -0.4 is 48.7 Å². The average Bonchev–Trinajstić information content (AvgIpc) is 3.92. The van der Waals surface area contributed by atoms with E-state index in [0.29, 0.717) is 38.6 Å². The first kappa shape index (κ1) is 53.8. The number of hydrogen-bond acceptors (Lipinski definition) is 12. The molecule has 8 atom stereocenters. The van der Waals surface area contributed by atoms with Crippen molar-refractivity contribution in [2.24, 2.45) is 29.2 Å². The molecule has 2 heterocycles. The van der Waals surface area contributed by atoms with Gasteiger partial charge < -0.3 is 63.8 Å². The minimum Gasteiger partial charge on any atom is -0.481 e. The summed E-state index contributed by atoms with van der Waals surface area (Å²) in [5, 5.41) is 37.1. The van der Waals surface area contributed by atoms with Gasteiger partial charge in [-0.1, -0.05) is 41.5 Å². The van der Waals surface area contributed by atoms with Crippen molar-refractivity contribution < 1.29 is 58.2 Å². The van der Waals surface area contributed by atoms with Gasteiger partial charge in [-0.3, -0.25) is 43.2 Å². The van der Waals surface area contributed by atoms with Crippen molar-refractivity contribution >= 4 is 59.2 Å². The number of aliphatic carboxylic acids is 2. The topological polar surface area (TPSA) is 351 Å². The van der Waals surface area contributed by atoms with E-state index in [4.69, 9.17) is 16.6 Å². The number of nitrogens with two attached hydrogens (primary N) is 2. The lowest BCUT2D eigenvalue weighted by molar-refractivity contribution is -0.147. The van der Waals surface area contributed by atoms with Crippen LogP contribution in [0.4, 0.5) is 0 Å². The van der Waals surface area contributed by atoms with Gasteiger partial charge in [0.1, 0.15) is 42.3 Å². The number of unbranched alkanes of at least 4 members (excludes halogenated alkanes) is 1. The summed E-state index contributed by atoms with van der Waals surface area (Å²) >= 11 is 0. The molecule has 0 spiro atoms. The van der Waals surface area contributed by atoms with E-state index in [2.05, 4.69) is 31.9 Å². The molecule has 13 N–H and O–H groups in total. The number of primary amides is 1. The maximum Gasteiger partial charge on any atom is 0.326 e. The zero-order valence-corrected chi connectivity index (χ0v) is 37.3. The Morgan fingerprint density at radius 2 is 1.25 bits per heavy atom. The number of carboxylic acid groups (broad SMARTS) is 2. The predicted octanol–water partition coefficient (Wildman–Crippen LogP) is -2.05. The van der Waals surface area contributed by atoms with Crippen molar-refractivity contribution in [3.05, 3.63) is 0 Å². The summed E-state index contributed by atoms with van der Waals surface area (Å²) in [5.74, 6) is -9.69. The third-order valence-electron chi connectivity index (χ3n) is 10.9. The molecule has 0 bridgehead atoms. The molecule has 0 aliphatic carbocycles. The molecule has 2 aliphatic rings. The number of rotatable bonds is 27. The quantitative estimate of drug-likeness (QED) is 0.0396. The Kier molecular flexibility index (Phi) is 22.4. The standard InChI is InChI=1S/C41H70N10O12/c1-21(2)19-27(47-38(59)29-13-10-18-51(29)40(61)33(23(5)6)50-34(55)24-12-9-17-44-24)37(58)49-32(22(3)4)39(60)46-25(11-7-8-16-42)35(56)45-26(14-15-30(43)52)36(57)48-28(41(62)63)20-31(53)54/h21-29,32-33,44H,7-20,42H2,1-6H3,(H2,43,52)(H,45,56)(H,46,60)(H,47,59)(H,48,57)(H,49,58)(H,50,55)(H,53,54)(H,62,63)/t24-,25-,26-,27-,28-,29-,32-,33-/m0/s1. The largest absolute Gasteiger partial charge is 0.481 e. The lowest BCUT2D eigenvalue weighted by atomic mass is 9.98. The van der Waals surface area contributed by atoms with Gasteiger partial charge in [0.2, 0.25) is 47.3 Å². The van der Waals surface area contributed by atoms with E-state index in [1.165, 1.54) is 4.90 Å². The van der Waals surface area contributed by atoms with Gasteiger partial charge in [-0.2, -0.15) is 0 Å². The molecule has 8 amide bonds. The van der Waals surface area contributed by atoms with Crippen LogP contribution in [0.1, 0.15) is 112 Å². The normalized spacial score (nSPS) is 19.0. The smallest absolute Gasteiger partial charge is 0.326 e. The summed E-state index contributed by atoms with van der Waals surface area (Å²) in [6, 6.07) is -9.33. The third-order valence-corrected chi connectivity index (χ3v) is 10.9. The Morgan fingerprint density at radius 1 is 0.667 bits per heavy atom. The Balaban J connectivity index is 2.28. The van der Waals surface area contributed by atoms with Gasteiger partial charge in [0.05, 0.1) is 12.5 Å². The fourth-order valence-electron chi connectivity index (χ4n) is 7.41. The molecule has 22 heteroatoms. The average molecular weight is 895 g/mol. The van der Waals surface area contributed by atoms with Gasteiger partial charge in [0.25, 0.3) is 0 Å². The number of carboxylic acids is 2. The highest BCUT2D eigenvalue weighted by molar-refractivity contribution is 5.98. The van der Waals surface area contributed by atoms with Crippen LogP contribution in [0.25, 0.3) is 0 Å². The Morgan fingerprint density at radius 3 is 1.78 bits per heavy atom. The van der Waals surface area contributed by atoms with Gasteiger partial charge >= 0.3 is 11.9 Å². The van der Waals surface area contributed by atoms with Crippen LogP contribution in [0.15, 0.2) is 0 Å². The highest BCUT2D eigenvalue weighted by Crippen LogP contribution is 2.22. The lowest BCUT2D eigenvalue weighted by Gasteiger charge is -2.32.